The van der Waals surface area contributed by atoms with E-state index in [9.17, 15) is 95.5 Å². The number of carbonyl (C=O) groups excluding carboxylic acids is 5. The molecule has 92 heavy (non-hydrogen) atoms. The van der Waals surface area contributed by atoms with Crippen LogP contribution in [0, 0.1) is 0 Å². The normalized spacial score (nSPS) is 36.5. The molecule has 0 spiro atoms. The van der Waals surface area contributed by atoms with Gasteiger partial charge in [0, 0.05) is 26.0 Å². The SMILES string of the molecule is CC(=O)OCC1OC(OC2C(OC(=O)/C=C\c3ccc(O)cc3)C(COC(C)=O)OC(OC3(COC(=O)/C=C/c4ccc(O)cc4)OC(CO)C(O)C3OC(=O)c3ccccc3)C2OC2OC(CO)C(O)C(O)C2O)C(O)C(OC2OC(CO)C(O)C(O)C2O)C1O. The summed E-state index contributed by atoms with van der Waals surface area (Å²) in [4.78, 5) is 67.3. The van der Waals surface area contributed by atoms with E-state index in [1.54, 1.807) is 6.07 Å². The highest BCUT2D eigenvalue weighted by Gasteiger charge is 2.64. The van der Waals surface area contributed by atoms with Gasteiger partial charge in [-0.2, -0.15) is 0 Å². The van der Waals surface area contributed by atoms with Crippen LogP contribution >= 0.6 is 0 Å². The van der Waals surface area contributed by atoms with Crippen molar-refractivity contribution in [2.45, 2.75) is 161 Å². The minimum atomic E-state index is -3.00. The van der Waals surface area contributed by atoms with Crippen LogP contribution in [-0.2, 0) is 85.5 Å². The Kier molecular flexibility index (Phi) is 24.7. The summed E-state index contributed by atoms with van der Waals surface area (Å²) < 4.78 is 83.7. The number of rotatable bonds is 24. The third-order valence-corrected chi connectivity index (χ3v) is 15.2. The van der Waals surface area contributed by atoms with Crippen molar-refractivity contribution < 1.29 is 162 Å². The minimum absolute atomic E-state index is 0.113. The third kappa shape index (κ3) is 17.1. The van der Waals surface area contributed by atoms with Gasteiger partial charge in [0.15, 0.2) is 37.4 Å². The molecule has 24 atom stereocenters. The molecule has 5 heterocycles. The van der Waals surface area contributed by atoms with E-state index in [-0.39, 0.29) is 17.1 Å². The zero-order valence-electron chi connectivity index (χ0n) is 48.9. The van der Waals surface area contributed by atoms with E-state index in [2.05, 4.69) is 0 Å². The van der Waals surface area contributed by atoms with E-state index in [0.717, 1.165) is 26.0 Å². The van der Waals surface area contributed by atoms with Gasteiger partial charge in [0.25, 0.3) is 0 Å². The van der Waals surface area contributed by atoms with Gasteiger partial charge >= 0.3 is 29.8 Å². The topological polar surface area (TPSA) is 498 Å². The highest BCUT2D eigenvalue weighted by molar-refractivity contribution is 5.90. The zero-order chi connectivity index (χ0) is 66.7. The second-order valence-corrected chi connectivity index (χ2v) is 21.7. The van der Waals surface area contributed by atoms with Crippen molar-refractivity contribution in [3.05, 3.63) is 108 Å². The Bertz CT molecular complexity index is 2970. The number of phenols is 2. The van der Waals surface area contributed by atoms with Crippen molar-refractivity contribution in [1.29, 1.82) is 0 Å². The Morgan fingerprint density at radius 1 is 0.457 bits per heavy atom. The first-order valence-electron chi connectivity index (χ1n) is 28.6. The predicted molar refractivity (Wildman–Crippen MR) is 297 cm³/mol. The lowest BCUT2D eigenvalue weighted by Gasteiger charge is -2.51. The molecule has 506 valence electrons. The van der Waals surface area contributed by atoms with Crippen LogP contribution in [0.4, 0.5) is 0 Å². The van der Waals surface area contributed by atoms with Gasteiger partial charge in [0.2, 0.25) is 5.79 Å². The van der Waals surface area contributed by atoms with Crippen LogP contribution < -0.4 is 0 Å². The molecule has 5 aliphatic rings. The van der Waals surface area contributed by atoms with Gasteiger partial charge in [0.1, 0.15) is 135 Å². The van der Waals surface area contributed by atoms with Crippen molar-refractivity contribution in [2.24, 2.45) is 0 Å². The molecule has 24 unspecified atom stereocenters. The largest absolute Gasteiger partial charge is 0.508 e. The first-order valence-corrected chi connectivity index (χ1v) is 28.6. The van der Waals surface area contributed by atoms with Crippen molar-refractivity contribution in [1.82, 2.24) is 0 Å². The monoisotopic (exact) mass is 1310 g/mol. The standard InChI is InChI=1S/C59H72O33/c1-26(63)79-23-36-42(71)50(87-55-46(75)44(73)40(69)33(20-60)82-55)48(77)57(84-36)88-51-49(86-39(68)19-13-29-10-16-32(66)17-11-29)37(24-80-27(2)64)85-58(52(51)89-56-47(76)45(74)41(70)34(21-61)83-56)92-59(25-81-38(67)18-12-28-8-14-31(65)15-9-28)53(43(72)35(22-62)91-59)90-54(78)30-6-4-3-5-7-30/h3-19,33-37,40-53,55-58,60-62,65-66,69-77H,20-25H2,1-2H3/b18-12+,19-13-. The number of aliphatic hydroxyl groups is 12. The van der Waals surface area contributed by atoms with Crippen molar-refractivity contribution in [3.8, 4) is 11.5 Å². The summed E-state index contributed by atoms with van der Waals surface area (Å²) >= 11 is 0. The molecule has 0 radical (unpaired) electrons. The van der Waals surface area contributed by atoms with Crippen LogP contribution in [0.3, 0.4) is 0 Å². The second kappa shape index (κ2) is 31.9. The van der Waals surface area contributed by atoms with E-state index >= 15 is 0 Å². The van der Waals surface area contributed by atoms with E-state index in [0.29, 0.717) is 11.1 Å². The Morgan fingerprint density at radius 2 is 0.924 bits per heavy atom. The minimum Gasteiger partial charge on any atom is -0.508 e. The summed E-state index contributed by atoms with van der Waals surface area (Å²) in [6.45, 7) is -4.44. The van der Waals surface area contributed by atoms with Crippen LogP contribution in [0.1, 0.15) is 35.3 Å². The van der Waals surface area contributed by atoms with Gasteiger partial charge in [-0.05, 0) is 59.7 Å². The van der Waals surface area contributed by atoms with Gasteiger partial charge in [-0.15, -0.1) is 0 Å². The third-order valence-electron chi connectivity index (χ3n) is 15.2. The summed E-state index contributed by atoms with van der Waals surface area (Å²) in [6.07, 6.45) is -45.5. The fraction of sp³-hybridized carbons (Fsp3) is 0.542. The summed E-state index contributed by atoms with van der Waals surface area (Å²) in [5, 5.41) is 153. The van der Waals surface area contributed by atoms with Crippen LogP contribution in [0.15, 0.2) is 91.0 Å². The zero-order valence-corrected chi connectivity index (χ0v) is 48.9. The maximum Gasteiger partial charge on any atom is 0.338 e. The Hall–Kier alpha value is -6.75. The Balaban J connectivity index is 1.30. The van der Waals surface area contributed by atoms with E-state index in [1.165, 1.54) is 84.9 Å². The molecule has 33 heteroatoms. The van der Waals surface area contributed by atoms with Crippen LogP contribution in [0.5, 0.6) is 11.5 Å². The van der Waals surface area contributed by atoms with Crippen molar-refractivity contribution >= 4 is 42.0 Å². The molecule has 0 aliphatic carbocycles. The van der Waals surface area contributed by atoms with Crippen LogP contribution in [-0.4, -0.2) is 288 Å². The average Bonchev–Trinajstić information content (AvgIpc) is 1.41. The number of hydrogen-bond donors (Lipinski definition) is 14. The number of aromatic hydroxyl groups is 2. The molecule has 0 amide bonds. The number of esters is 5. The van der Waals surface area contributed by atoms with Gasteiger partial charge in [-0.25, -0.2) is 14.4 Å². The number of phenolic OH excluding ortho intramolecular Hbond substituents is 2. The maximum atomic E-state index is 14.3. The number of aliphatic hydroxyl groups excluding tert-OH is 12. The maximum absolute atomic E-state index is 14.3. The predicted octanol–water partition coefficient (Wildman–Crippen LogP) is -4.98. The van der Waals surface area contributed by atoms with Crippen molar-refractivity contribution in [2.75, 3.05) is 39.6 Å². The lowest BCUT2D eigenvalue weighted by Crippen LogP contribution is -2.69. The highest BCUT2D eigenvalue weighted by atomic mass is 16.8. The molecule has 3 aromatic rings. The molecule has 14 N–H and O–H groups in total. The molecular weight excluding hydrogens is 1240 g/mol. The Labute approximate surface area is 522 Å². The number of benzene rings is 3. The molecule has 0 bridgehead atoms. The number of ether oxygens (including phenoxy) is 14. The fourth-order valence-corrected chi connectivity index (χ4v) is 10.3. The lowest BCUT2D eigenvalue weighted by atomic mass is 9.95. The molecule has 8 rings (SSSR count). The highest BCUT2D eigenvalue weighted by Crippen LogP contribution is 2.43. The average molecular weight is 1310 g/mol. The summed E-state index contributed by atoms with van der Waals surface area (Å²) in [5.74, 6) is -8.95. The van der Waals surface area contributed by atoms with Crippen LogP contribution in [0.2, 0.25) is 0 Å². The summed E-state index contributed by atoms with van der Waals surface area (Å²) in [5.41, 5.74) is 0.509. The summed E-state index contributed by atoms with van der Waals surface area (Å²) in [7, 11) is 0. The fourth-order valence-electron chi connectivity index (χ4n) is 10.3. The number of hydrogen-bond acceptors (Lipinski definition) is 33. The molecule has 0 saturated carbocycles. The molecule has 3 aromatic carbocycles. The molecular formula is C59H72O33. The van der Waals surface area contributed by atoms with E-state index in [1.807, 2.05) is 0 Å². The van der Waals surface area contributed by atoms with E-state index in [4.69, 9.17) is 66.3 Å². The molecule has 5 saturated heterocycles. The first kappa shape index (κ1) is 71.1. The van der Waals surface area contributed by atoms with Crippen molar-refractivity contribution in [3.63, 3.8) is 0 Å². The van der Waals surface area contributed by atoms with Crippen LogP contribution in [0.25, 0.3) is 12.2 Å². The lowest BCUT2D eigenvalue weighted by molar-refractivity contribution is -0.423. The molecule has 5 aliphatic heterocycles. The summed E-state index contributed by atoms with van der Waals surface area (Å²) in [6, 6.07) is 17.9. The second-order valence-electron chi connectivity index (χ2n) is 21.7. The molecule has 5 fully saturated rings. The molecule has 0 aromatic heterocycles. The number of carbonyl (C=O) groups is 5. The van der Waals surface area contributed by atoms with Gasteiger partial charge < -0.3 is 138 Å². The van der Waals surface area contributed by atoms with E-state index < -0.39 is 216 Å². The van der Waals surface area contributed by atoms with Gasteiger partial charge in [-0.3, -0.25) is 9.59 Å². The quantitative estimate of drug-likeness (QED) is 0.0227. The Morgan fingerprint density at radius 3 is 1.45 bits per heavy atom. The molecule has 33 nitrogen and oxygen atoms in total. The first-order chi connectivity index (χ1) is 43.8. The van der Waals surface area contributed by atoms with Gasteiger partial charge in [0.05, 0.1) is 25.4 Å². The van der Waals surface area contributed by atoms with Gasteiger partial charge in [-0.1, -0.05) is 42.5 Å². The smallest absolute Gasteiger partial charge is 0.338 e.